The molecule has 0 bridgehead atoms. The summed E-state index contributed by atoms with van der Waals surface area (Å²) in [5.74, 6) is 0.462. The van der Waals surface area contributed by atoms with Gasteiger partial charge < -0.3 is 9.30 Å². The highest BCUT2D eigenvalue weighted by molar-refractivity contribution is 5.12. The zero-order valence-electron chi connectivity index (χ0n) is 7.90. The standard InChI is InChI=1S/C9H13N3O/c1-8(3-6-13-2)12-5-4-11-9(12)7-10/h4-5,8H,3,6H2,1-2H3. The molecule has 1 aromatic heterocycles. The van der Waals surface area contributed by atoms with E-state index in [-0.39, 0.29) is 6.04 Å². The normalized spacial score (nSPS) is 12.4. The Balaban J connectivity index is 2.66. The largest absolute Gasteiger partial charge is 0.385 e. The summed E-state index contributed by atoms with van der Waals surface area (Å²) >= 11 is 0. The fourth-order valence-corrected chi connectivity index (χ4v) is 1.18. The quantitative estimate of drug-likeness (QED) is 0.701. The van der Waals surface area contributed by atoms with Crippen LogP contribution in [-0.4, -0.2) is 23.3 Å². The average molecular weight is 179 g/mol. The van der Waals surface area contributed by atoms with Gasteiger partial charge in [-0.15, -0.1) is 0 Å². The molecule has 0 saturated heterocycles. The zero-order chi connectivity index (χ0) is 9.68. The first-order valence-corrected chi connectivity index (χ1v) is 4.21. The van der Waals surface area contributed by atoms with Crippen LogP contribution in [0.2, 0.25) is 0 Å². The van der Waals surface area contributed by atoms with Gasteiger partial charge in [-0.2, -0.15) is 5.26 Å². The van der Waals surface area contributed by atoms with Crippen molar-refractivity contribution in [3.8, 4) is 6.07 Å². The van der Waals surface area contributed by atoms with Crippen LogP contribution >= 0.6 is 0 Å². The van der Waals surface area contributed by atoms with Crippen molar-refractivity contribution in [2.45, 2.75) is 19.4 Å². The maximum atomic E-state index is 8.72. The van der Waals surface area contributed by atoms with E-state index in [1.54, 1.807) is 13.3 Å². The number of aromatic nitrogens is 2. The number of hydrogen-bond donors (Lipinski definition) is 0. The minimum Gasteiger partial charge on any atom is -0.385 e. The Morgan fingerprint density at radius 2 is 2.54 bits per heavy atom. The Morgan fingerprint density at radius 3 is 3.15 bits per heavy atom. The summed E-state index contributed by atoms with van der Waals surface area (Å²) in [6, 6.07) is 2.31. The SMILES string of the molecule is COCCC(C)n1ccnc1C#N. The molecule has 4 heteroatoms. The van der Waals surface area contributed by atoms with Gasteiger partial charge in [0.05, 0.1) is 0 Å². The third-order valence-corrected chi connectivity index (χ3v) is 1.98. The Hall–Kier alpha value is -1.34. The van der Waals surface area contributed by atoms with Crippen LogP contribution in [0.15, 0.2) is 12.4 Å². The number of imidazole rings is 1. The molecule has 0 aliphatic heterocycles. The minimum absolute atomic E-state index is 0.261. The molecule has 70 valence electrons. The highest BCUT2D eigenvalue weighted by Gasteiger charge is 2.08. The van der Waals surface area contributed by atoms with Crippen molar-refractivity contribution in [2.75, 3.05) is 13.7 Å². The van der Waals surface area contributed by atoms with Gasteiger partial charge >= 0.3 is 0 Å². The van der Waals surface area contributed by atoms with Crippen molar-refractivity contribution < 1.29 is 4.74 Å². The van der Waals surface area contributed by atoms with Gasteiger partial charge in [0, 0.05) is 32.2 Å². The van der Waals surface area contributed by atoms with Gasteiger partial charge in [-0.25, -0.2) is 4.98 Å². The van der Waals surface area contributed by atoms with Gasteiger partial charge in [0.2, 0.25) is 5.82 Å². The summed E-state index contributed by atoms with van der Waals surface area (Å²) in [6.45, 7) is 2.74. The molecule has 0 aromatic carbocycles. The molecule has 13 heavy (non-hydrogen) atoms. The molecule has 0 N–H and O–H groups in total. The second-order valence-electron chi connectivity index (χ2n) is 2.90. The predicted molar refractivity (Wildman–Crippen MR) is 48.1 cm³/mol. The summed E-state index contributed by atoms with van der Waals surface area (Å²) < 4.78 is 6.83. The smallest absolute Gasteiger partial charge is 0.212 e. The van der Waals surface area contributed by atoms with Crippen LogP contribution < -0.4 is 0 Å². The third kappa shape index (κ3) is 2.30. The lowest BCUT2D eigenvalue weighted by Gasteiger charge is -2.12. The second-order valence-corrected chi connectivity index (χ2v) is 2.90. The maximum absolute atomic E-state index is 8.72. The molecule has 0 aliphatic carbocycles. The fourth-order valence-electron chi connectivity index (χ4n) is 1.18. The van der Waals surface area contributed by atoms with Crippen molar-refractivity contribution in [1.82, 2.24) is 9.55 Å². The van der Waals surface area contributed by atoms with E-state index >= 15 is 0 Å². The molecule has 1 rings (SSSR count). The highest BCUT2D eigenvalue weighted by Crippen LogP contribution is 2.12. The molecular weight excluding hydrogens is 166 g/mol. The topological polar surface area (TPSA) is 50.8 Å². The lowest BCUT2D eigenvalue weighted by Crippen LogP contribution is -2.08. The molecule has 0 radical (unpaired) electrons. The number of ether oxygens (including phenoxy) is 1. The van der Waals surface area contributed by atoms with Gasteiger partial charge in [-0.05, 0) is 13.3 Å². The number of nitriles is 1. The van der Waals surface area contributed by atoms with Gasteiger partial charge in [-0.3, -0.25) is 0 Å². The molecule has 0 fully saturated rings. The van der Waals surface area contributed by atoms with E-state index in [1.807, 2.05) is 23.8 Å². The van der Waals surface area contributed by atoms with E-state index in [2.05, 4.69) is 4.98 Å². The first kappa shape index (κ1) is 9.75. The van der Waals surface area contributed by atoms with E-state index in [4.69, 9.17) is 10.00 Å². The summed E-state index contributed by atoms with van der Waals surface area (Å²) in [5.41, 5.74) is 0. The number of rotatable bonds is 4. The minimum atomic E-state index is 0.261. The molecule has 4 nitrogen and oxygen atoms in total. The van der Waals surface area contributed by atoms with Crippen molar-refractivity contribution in [2.24, 2.45) is 0 Å². The molecule has 1 unspecified atom stereocenters. The first-order valence-electron chi connectivity index (χ1n) is 4.21. The number of hydrogen-bond acceptors (Lipinski definition) is 3. The number of nitrogens with zero attached hydrogens (tertiary/aromatic N) is 3. The molecule has 1 atom stereocenters. The summed E-state index contributed by atoms with van der Waals surface area (Å²) in [5, 5.41) is 8.72. The highest BCUT2D eigenvalue weighted by atomic mass is 16.5. The van der Waals surface area contributed by atoms with Crippen LogP contribution in [0.25, 0.3) is 0 Å². The predicted octanol–water partition coefficient (Wildman–Crippen LogP) is 1.35. The number of methoxy groups -OCH3 is 1. The van der Waals surface area contributed by atoms with Crippen LogP contribution in [0.5, 0.6) is 0 Å². The lowest BCUT2D eigenvalue weighted by molar-refractivity contribution is 0.181. The van der Waals surface area contributed by atoms with Crippen molar-refractivity contribution in [1.29, 1.82) is 5.26 Å². The van der Waals surface area contributed by atoms with E-state index in [0.717, 1.165) is 6.42 Å². The van der Waals surface area contributed by atoms with Crippen molar-refractivity contribution in [3.63, 3.8) is 0 Å². The first-order chi connectivity index (χ1) is 6.29. The van der Waals surface area contributed by atoms with E-state index in [0.29, 0.717) is 12.4 Å². The van der Waals surface area contributed by atoms with Crippen LogP contribution in [0.3, 0.4) is 0 Å². The van der Waals surface area contributed by atoms with Gasteiger partial charge in [-0.1, -0.05) is 0 Å². The Kier molecular flexibility index (Phi) is 3.47. The molecule has 0 amide bonds. The van der Waals surface area contributed by atoms with Crippen LogP contribution in [0.4, 0.5) is 0 Å². The summed E-state index contributed by atoms with van der Waals surface area (Å²) in [6.07, 6.45) is 4.35. The molecular formula is C9H13N3O. The summed E-state index contributed by atoms with van der Waals surface area (Å²) in [7, 11) is 1.67. The Labute approximate surface area is 77.8 Å². The van der Waals surface area contributed by atoms with Crippen LogP contribution in [-0.2, 0) is 4.74 Å². The monoisotopic (exact) mass is 179 g/mol. The van der Waals surface area contributed by atoms with E-state index < -0.39 is 0 Å². The summed E-state index contributed by atoms with van der Waals surface area (Å²) in [4.78, 5) is 3.92. The Bertz CT molecular complexity index is 300. The van der Waals surface area contributed by atoms with Crippen molar-refractivity contribution >= 4 is 0 Å². The van der Waals surface area contributed by atoms with Crippen LogP contribution in [0, 0.1) is 11.3 Å². The van der Waals surface area contributed by atoms with E-state index in [1.165, 1.54) is 0 Å². The molecule has 0 saturated carbocycles. The van der Waals surface area contributed by atoms with E-state index in [9.17, 15) is 0 Å². The molecule has 1 heterocycles. The average Bonchev–Trinajstić information content (AvgIpc) is 2.61. The third-order valence-electron chi connectivity index (χ3n) is 1.98. The van der Waals surface area contributed by atoms with Gasteiger partial charge in [0.15, 0.2) is 0 Å². The van der Waals surface area contributed by atoms with Crippen molar-refractivity contribution in [3.05, 3.63) is 18.2 Å². The van der Waals surface area contributed by atoms with Gasteiger partial charge in [0.1, 0.15) is 6.07 Å². The molecule has 1 aromatic rings. The lowest BCUT2D eigenvalue weighted by atomic mass is 10.2. The second kappa shape index (κ2) is 4.63. The fraction of sp³-hybridized carbons (Fsp3) is 0.556. The zero-order valence-corrected chi connectivity index (χ0v) is 7.90. The van der Waals surface area contributed by atoms with Crippen LogP contribution in [0.1, 0.15) is 25.2 Å². The van der Waals surface area contributed by atoms with Gasteiger partial charge in [0.25, 0.3) is 0 Å². The molecule has 0 spiro atoms. The maximum Gasteiger partial charge on any atom is 0.212 e. The molecule has 0 aliphatic rings. The Morgan fingerprint density at radius 1 is 1.77 bits per heavy atom.